The quantitative estimate of drug-likeness (QED) is 0.748. The van der Waals surface area contributed by atoms with E-state index in [2.05, 4.69) is 36.7 Å². The minimum Gasteiger partial charge on any atom is -0.310 e. The van der Waals surface area contributed by atoms with Gasteiger partial charge in [0.15, 0.2) is 0 Å². The normalized spacial score (nSPS) is 11.9. The minimum atomic E-state index is 0.0544. The largest absolute Gasteiger partial charge is 0.310 e. The van der Waals surface area contributed by atoms with Crippen molar-refractivity contribution in [3.05, 3.63) is 22.4 Å². The zero-order valence-electron chi connectivity index (χ0n) is 8.14. The number of nitrogens with one attached hydrogen (secondary N) is 1. The zero-order valence-corrected chi connectivity index (χ0v) is 9.71. The summed E-state index contributed by atoms with van der Waals surface area (Å²) in [5.41, 5.74) is 0.0544. The van der Waals surface area contributed by atoms with E-state index in [4.69, 9.17) is 11.6 Å². The number of alkyl halides is 1. The van der Waals surface area contributed by atoms with Gasteiger partial charge in [0.2, 0.25) is 0 Å². The lowest BCUT2D eigenvalue weighted by Crippen LogP contribution is -2.41. The zero-order chi connectivity index (χ0) is 9.73. The topological polar surface area (TPSA) is 12.0 Å². The second-order valence-corrected chi connectivity index (χ2v) is 5.07. The third-order valence-electron chi connectivity index (χ3n) is 1.89. The number of halogens is 1. The average molecular weight is 218 g/mol. The third-order valence-corrected chi connectivity index (χ3v) is 3.49. The maximum Gasteiger partial charge on any atom is 0.0400 e. The van der Waals surface area contributed by atoms with Gasteiger partial charge in [0.25, 0.3) is 0 Å². The van der Waals surface area contributed by atoms with E-state index in [1.807, 2.05) is 11.3 Å². The van der Waals surface area contributed by atoms with Gasteiger partial charge in [0, 0.05) is 22.8 Å². The van der Waals surface area contributed by atoms with Crippen molar-refractivity contribution in [2.45, 2.75) is 25.8 Å². The summed E-state index contributed by atoms with van der Waals surface area (Å²) in [6.07, 6.45) is 1.10. The van der Waals surface area contributed by atoms with E-state index in [0.717, 1.165) is 13.0 Å². The Balaban J connectivity index is 2.21. The molecule has 1 heterocycles. The molecule has 3 heteroatoms. The molecule has 0 aliphatic heterocycles. The molecule has 74 valence electrons. The summed E-state index contributed by atoms with van der Waals surface area (Å²) in [5.74, 6) is 0.650. The van der Waals surface area contributed by atoms with Crippen LogP contribution in [0.2, 0.25) is 0 Å². The Morgan fingerprint density at radius 1 is 1.54 bits per heavy atom. The highest BCUT2D eigenvalue weighted by atomic mass is 35.5. The molecule has 1 rings (SSSR count). The Morgan fingerprint density at radius 2 is 2.31 bits per heavy atom. The van der Waals surface area contributed by atoms with Gasteiger partial charge < -0.3 is 5.32 Å². The summed E-state index contributed by atoms with van der Waals surface area (Å²) < 4.78 is 0. The van der Waals surface area contributed by atoms with Gasteiger partial charge in [-0.1, -0.05) is 6.07 Å². The van der Waals surface area contributed by atoms with Gasteiger partial charge in [-0.3, -0.25) is 0 Å². The SMILES string of the molecule is CC(C)(CCl)NCCc1cccs1. The lowest BCUT2D eigenvalue weighted by atomic mass is 10.1. The molecule has 0 unspecified atom stereocenters. The van der Waals surface area contributed by atoms with Crippen molar-refractivity contribution in [3.8, 4) is 0 Å². The van der Waals surface area contributed by atoms with Gasteiger partial charge in [-0.2, -0.15) is 0 Å². The van der Waals surface area contributed by atoms with Gasteiger partial charge in [-0.05, 0) is 31.7 Å². The summed E-state index contributed by atoms with van der Waals surface area (Å²) in [5, 5.41) is 5.53. The molecule has 13 heavy (non-hydrogen) atoms. The number of thiophene rings is 1. The molecule has 0 saturated heterocycles. The molecule has 0 saturated carbocycles. The monoisotopic (exact) mass is 217 g/mol. The molecule has 0 radical (unpaired) electrons. The molecule has 0 aliphatic rings. The first-order valence-corrected chi connectivity index (χ1v) is 5.89. The number of hydrogen-bond donors (Lipinski definition) is 1. The predicted octanol–water partition coefficient (Wildman–Crippen LogP) is 2.90. The van der Waals surface area contributed by atoms with Crippen LogP contribution < -0.4 is 5.32 Å². The number of hydrogen-bond acceptors (Lipinski definition) is 2. The standard InChI is InChI=1S/C10H16ClNS/c1-10(2,8-11)12-6-5-9-4-3-7-13-9/h3-4,7,12H,5-6,8H2,1-2H3. The second-order valence-electron chi connectivity index (χ2n) is 3.77. The highest BCUT2D eigenvalue weighted by Crippen LogP contribution is 2.09. The molecule has 0 aliphatic carbocycles. The van der Waals surface area contributed by atoms with Crippen LogP contribution in [-0.2, 0) is 6.42 Å². The maximum atomic E-state index is 5.79. The molecule has 0 spiro atoms. The van der Waals surface area contributed by atoms with Gasteiger partial charge >= 0.3 is 0 Å². The fraction of sp³-hybridized carbons (Fsp3) is 0.600. The van der Waals surface area contributed by atoms with Crippen LogP contribution in [0.15, 0.2) is 17.5 Å². The van der Waals surface area contributed by atoms with Crippen molar-refractivity contribution in [1.82, 2.24) is 5.32 Å². The van der Waals surface area contributed by atoms with Crippen LogP contribution in [0.1, 0.15) is 18.7 Å². The lowest BCUT2D eigenvalue weighted by molar-refractivity contribution is 0.435. The predicted molar refractivity (Wildman–Crippen MR) is 60.8 cm³/mol. The average Bonchev–Trinajstić information content (AvgIpc) is 2.57. The molecule has 0 bridgehead atoms. The van der Waals surface area contributed by atoms with Crippen molar-refractivity contribution >= 4 is 22.9 Å². The van der Waals surface area contributed by atoms with E-state index in [1.165, 1.54) is 4.88 Å². The van der Waals surface area contributed by atoms with Crippen LogP contribution in [0, 0.1) is 0 Å². The smallest absolute Gasteiger partial charge is 0.0400 e. The van der Waals surface area contributed by atoms with Crippen molar-refractivity contribution in [1.29, 1.82) is 0 Å². The summed E-state index contributed by atoms with van der Waals surface area (Å²) in [7, 11) is 0. The Morgan fingerprint density at radius 3 is 2.85 bits per heavy atom. The van der Waals surface area contributed by atoms with Crippen molar-refractivity contribution in [3.63, 3.8) is 0 Å². The lowest BCUT2D eigenvalue weighted by Gasteiger charge is -2.23. The van der Waals surface area contributed by atoms with E-state index >= 15 is 0 Å². The first kappa shape index (κ1) is 11.0. The molecule has 0 atom stereocenters. The van der Waals surface area contributed by atoms with E-state index < -0.39 is 0 Å². The summed E-state index contributed by atoms with van der Waals surface area (Å²) in [6, 6.07) is 4.26. The van der Waals surface area contributed by atoms with Crippen LogP contribution in [-0.4, -0.2) is 18.0 Å². The fourth-order valence-corrected chi connectivity index (χ4v) is 1.83. The Bertz CT molecular complexity index is 231. The van der Waals surface area contributed by atoms with Crippen LogP contribution in [0.25, 0.3) is 0 Å². The van der Waals surface area contributed by atoms with Crippen molar-refractivity contribution in [2.75, 3.05) is 12.4 Å². The Hall–Kier alpha value is -0.0500. The molecule has 0 fully saturated rings. The van der Waals surface area contributed by atoms with Gasteiger partial charge in [0.05, 0.1) is 0 Å². The molecule has 1 N–H and O–H groups in total. The van der Waals surface area contributed by atoms with Crippen molar-refractivity contribution < 1.29 is 0 Å². The van der Waals surface area contributed by atoms with E-state index in [0.29, 0.717) is 5.88 Å². The molecule has 1 aromatic heterocycles. The molecule has 0 aromatic carbocycles. The Labute approximate surface area is 89.1 Å². The highest BCUT2D eigenvalue weighted by Gasteiger charge is 2.14. The second kappa shape index (κ2) is 4.99. The summed E-state index contributed by atoms with van der Waals surface area (Å²) in [4.78, 5) is 1.43. The summed E-state index contributed by atoms with van der Waals surface area (Å²) >= 11 is 7.60. The van der Waals surface area contributed by atoms with Crippen LogP contribution in [0.3, 0.4) is 0 Å². The van der Waals surface area contributed by atoms with Crippen LogP contribution in [0.4, 0.5) is 0 Å². The fourth-order valence-electron chi connectivity index (χ4n) is 1.03. The maximum absolute atomic E-state index is 5.79. The van der Waals surface area contributed by atoms with Gasteiger partial charge in [0.1, 0.15) is 0 Å². The van der Waals surface area contributed by atoms with Crippen LogP contribution >= 0.6 is 22.9 Å². The molecular formula is C10H16ClNS. The molecular weight excluding hydrogens is 202 g/mol. The summed E-state index contributed by atoms with van der Waals surface area (Å²) in [6.45, 7) is 5.24. The molecule has 1 aromatic rings. The first-order valence-electron chi connectivity index (χ1n) is 4.47. The minimum absolute atomic E-state index is 0.0544. The third kappa shape index (κ3) is 4.12. The highest BCUT2D eigenvalue weighted by molar-refractivity contribution is 7.09. The van der Waals surface area contributed by atoms with Gasteiger partial charge in [-0.15, -0.1) is 22.9 Å². The Kier molecular flexibility index (Phi) is 4.23. The van der Waals surface area contributed by atoms with E-state index in [9.17, 15) is 0 Å². The van der Waals surface area contributed by atoms with E-state index in [1.54, 1.807) is 0 Å². The molecule has 0 amide bonds. The van der Waals surface area contributed by atoms with E-state index in [-0.39, 0.29) is 5.54 Å². The molecule has 1 nitrogen and oxygen atoms in total. The van der Waals surface area contributed by atoms with Crippen molar-refractivity contribution in [2.24, 2.45) is 0 Å². The first-order chi connectivity index (χ1) is 6.14. The van der Waals surface area contributed by atoms with Gasteiger partial charge in [-0.25, -0.2) is 0 Å². The van der Waals surface area contributed by atoms with Crippen LogP contribution in [0.5, 0.6) is 0 Å². The number of rotatable bonds is 5.